The molecule has 0 aliphatic rings. The molecule has 2 aromatic carbocycles. The second-order valence-electron chi connectivity index (χ2n) is 7.30. The van der Waals surface area contributed by atoms with Crippen molar-refractivity contribution in [1.29, 1.82) is 0 Å². The fourth-order valence-corrected chi connectivity index (χ4v) is 3.73. The average molecular weight is 362 g/mol. The molecular formula is C22H26N4O. The Labute approximate surface area is 159 Å². The van der Waals surface area contributed by atoms with Crippen LogP contribution in [0.25, 0.3) is 32.6 Å². The minimum atomic E-state index is 0.870. The van der Waals surface area contributed by atoms with Crippen LogP contribution < -0.4 is 10.1 Å². The Morgan fingerprint density at radius 3 is 2.70 bits per heavy atom. The number of nitrogens with zero attached hydrogens (tertiary/aromatic N) is 2. The van der Waals surface area contributed by atoms with E-state index in [2.05, 4.69) is 65.5 Å². The highest BCUT2D eigenvalue weighted by Gasteiger charge is 2.13. The van der Waals surface area contributed by atoms with Crippen molar-refractivity contribution in [1.82, 2.24) is 14.9 Å². The first-order valence-electron chi connectivity index (χ1n) is 9.35. The van der Waals surface area contributed by atoms with E-state index in [0.717, 1.165) is 42.0 Å². The van der Waals surface area contributed by atoms with Gasteiger partial charge in [0.2, 0.25) is 0 Å². The number of aryl methyl sites for hydroxylation is 1. The van der Waals surface area contributed by atoms with Gasteiger partial charge in [-0.05, 0) is 75.3 Å². The van der Waals surface area contributed by atoms with Gasteiger partial charge in [0.15, 0.2) is 0 Å². The fraction of sp³-hybridized carbons (Fsp3) is 0.318. The van der Waals surface area contributed by atoms with Gasteiger partial charge in [0.25, 0.3) is 0 Å². The van der Waals surface area contributed by atoms with Crippen molar-refractivity contribution >= 4 is 38.4 Å². The second-order valence-corrected chi connectivity index (χ2v) is 7.30. The van der Waals surface area contributed by atoms with Gasteiger partial charge in [-0.25, -0.2) is 4.98 Å². The lowest BCUT2D eigenvalue weighted by Gasteiger charge is -2.13. The number of fused-ring (bicyclic) bond motifs is 4. The average Bonchev–Trinajstić information content (AvgIpc) is 3.03. The normalized spacial score (nSPS) is 11.7. The van der Waals surface area contributed by atoms with E-state index in [4.69, 9.17) is 4.74 Å². The molecule has 140 valence electrons. The maximum absolute atomic E-state index is 5.42. The third-order valence-corrected chi connectivity index (χ3v) is 5.18. The number of hydrogen-bond donors (Lipinski definition) is 2. The van der Waals surface area contributed by atoms with Gasteiger partial charge in [0.05, 0.1) is 12.6 Å². The number of aromatic amines is 1. The predicted molar refractivity (Wildman–Crippen MR) is 114 cm³/mol. The molecule has 5 heteroatoms. The summed E-state index contributed by atoms with van der Waals surface area (Å²) in [4.78, 5) is 10.4. The minimum Gasteiger partial charge on any atom is -0.497 e. The topological polar surface area (TPSA) is 53.2 Å². The fourth-order valence-electron chi connectivity index (χ4n) is 3.73. The van der Waals surface area contributed by atoms with Crippen LogP contribution >= 0.6 is 0 Å². The smallest absolute Gasteiger partial charge is 0.133 e. The Hall–Kier alpha value is -2.79. The summed E-state index contributed by atoms with van der Waals surface area (Å²) in [6, 6.07) is 10.5. The SMILES string of the molecule is COc1ccc2[nH]c3c(C)c4ccnc(NCCCN(C)C)c4cc3c2c1. The van der Waals surface area contributed by atoms with E-state index in [-0.39, 0.29) is 0 Å². The number of aromatic nitrogens is 2. The van der Waals surface area contributed by atoms with Crippen LogP contribution in [0.15, 0.2) is 36.5 Å². The van der Waals surface area contributed by atoms with E-state index in [1.54, 1.807) is 7.11 Å². The largest absolute Gasteiger partial charge is 0.497 e. The summed E-state index contributed by atoms with van der Waals surface area (Å²) >= 11 is 0. The van der Waals surface area contributed by atoms with E-state index in [0.29, 0.717) is 0 Å². The van der Waals surface area contributed by atoms with Crippen molar-refractivity contribution in [3.8, 4) is 5.75 Å². The van der Waals surface area contributed by atoms with Crippen LogP contribution in [0.4, 0.5) is 5.82 Å². The van der Waals surface area contributed by atoms with E-state index >= 15 is 0 Å². The van der Waals surface area contributed by atoms with Crippen LogP contribution in [-0.4, -0.2) is 49.2 Å². The van der Waals surface area contributed by atoms with Crippen molar-refractivity contribution in [2.24, 2.45) is 0 Å². The zero-order valence-electron chi connectivity index (χ0n) is 16.4. The van der Waals surface area contributed by atoms with E-state index < -0.39 is 0 Å². The lowest BCUT2D eigenvalue weighted by molar-refractivity contribution is 0.405. The first-order valence-corrected chi connectivity index (χ1v) is 9.35. The standard InChI is InChI=1S/C22H26N4O/c1-14-16-8-10-24-22(23-9-5-11-26(2)3)19(16)13-18-17-12-15(27-4)6-7-20(17)25-21(14)18/h6-8,10,12-13,25H,5,9,11H2,1-4H3,(H,23,24). The highest BCUT2D eigenvalue weighted by atomic mass is 16.5. The predicted octanol–water partition coefficient (Wildman–Crippen LogP) is 4.55. The Morgan fingerprint density at radius 2 is 1.93 bits per heavy atom. The molecule has 27 heavy (non-hydrogen) atoms. The van der Waals surface area contributed by atoms with Crippen molar-refractivity contribution in [3.63, 3.8) is 0 Å². The van der Waals surface area contributed by atoms with Crippen molar-refractivity contribution in [2.45, 2.75) is 13.3 Å². The van der Waals surface area contributed by atoms with Gasteiger partial charge in [-0.15, -0.1) is 0 Å². The summed E-state index contributed by atoms with van der Waals surface area (Å²) < 4.78 is 5.42. The molecule has 0 aliphatic heterocycles. The number of hydrogen-bond acceptors (Lipinski definition) is 4. The first kappa shape index (κ1) is 17.6. The maximum atomic E-state index is 5.42. The molecule has 0 aliphatic carbocycles. The lowest BCUT2D eigenvalue weighted by Crippen LogP contribution is -2.16. The Bertz CT molecular complexity index is 1110. The summed E-state index contributed by atoms with van der Waals surface area (Å²) in [6.45, 7) is 4.14. The molecule has 2 N–H and O–H groups in total. The molecule has 2 heterocycles. The Balaban J connectivity index is 1.84. The number of nitrogens with one attached hydrogen (secondary N) is 2. The number of rotatable bonds is 6. The van der Waals surface area contributed by atoms with Crippen LogP contribution in [0.5, 0.6) is 5.75 Å². The van der Waals surface area contributed by atoms with E-state index in [1.807, 2.05) is 12.3 Å². The number of anilines is 1. The summed E-state index contributed by atoms with van der Waals surface area (Å²) in [7, 11) is 5.90. The molecule has 0 spiro atoms. The molecule has 4 aromatic rings. The highest BCUT2D eigenvalue weighted by molar-refractivity contribution is 6.15. The number of ether oxygens (including phenoxy) is 1. The van der Waals surface area contributed by atoms with Crippen molar-refractivity contribution in [3.05, 3.63) is 42.1 Å². The molecule has 2 aromatic heterocycles. The van der Waals surface area contributed by atoms with Crippen LogP contribution in [0.1, 0.15) is 12.0 Å². The third kappa shape index (κ3) is 3.19. The molecular weight excluding hydrogens is 336 g/mol. The third-order valence-electron chi connectivity index (χ3n) is 5.18. The molecule has 0 bridgehead atoms. The number of benzene rings is 2. The van der Waals surface area contributed by atoms with Gasteiger partial charge in [-0.1, -0.05) is 0 Å². The molecule has 0 amide bonds. The second kappa shape index (κ2) is 7.08. The molecule has 0 radical (unpaired) electrons. The monoisotopic (exact) mass is 362 g/mol. The van der Waals surface area contributed by atoms with Crippen LogP contribution in [0, 0.1) is 6.92 Å². The lowest BCUT2D eigenvalue weighted by atomic mass is 10.0. The van der Waals surface area contributed by atoms with Gasteiger partial charge >= 0.3 is 0 Å². The molecule has 5 nitrogen and oxygen atoms in total. The first-order chi connectivity index (χ1) is 13.1. The highest BCUT2D eigenvalue weighted by Crippen LogP contribution is 2.36. The maximum Gasteiger partial charge on any atom is 0.133 e. The van der Waals surface area contributed by atoms with Gasteiger partial charge < -0.3 is 19.9 Å². The van der Waals surface area contributed by atoms with Crippen molar-refractivity contribution in [2.75, 3.05) is 39.6 Å². The zero-order valence-corrected chi connectivity index (χ0v) is 16.4. The summed E-state index contributed by atoms with van der Waals surface area (Å²) in [5, 5.41) is 8.30. The van der Waals surface area contributed by atoms with Gasteiger partial charge in [-0.2, -0.15) is 0 Å². The van der Waals surface area contributed by atoms with E-state index in [1.165, 1.54) is 27.2 Å². The Morgan fingerprint density at radius 1 is 1.07 bits per heavy atom. The molecule has 0 saturated heterocycles. The summed E-state index contributed by atoms with van der Waals surface area (Å²) in [6.07, 6.45) is 2.97. The van der Waals surface area contributed by atoms with E-state index in [9.17, 15) is 0 Å². The number of methoxy groups -OCH3 is 1. The van der Waals surface area contributed by atoms with Gasteiger partial charge in [-0.3, -0.25) is 0 Å². The van der Waals surface area contributed by atoms with Gasteiger partial charge in [0, 0.05) is 34.4 Å². The minimum absolute atomic E-state index is 0.870. The quantitative estimate of drug-likeness (QED) is 0.494. The number of H-pyrrole nitrogens is 1. The summed E-state index contributed by atoms with van der Waals surface area (Å²) in [5.74, 6) is 1.82. The van der Waals surface area contributed by atoms with Crippen LogP contribution in [0.3, 0.4) is 0 Å². The molecule has 0 atom stereocenters. The van der Waals surface area contributed by atoms with Crippen molar-refractivity contribution < 1.29 is 4.74 Å². The molecule has 4 rings (SSSR count). The van der Waals surface area contributed by atoms with Gasteiger partial charge in [0.1, 0.15) is 11.6 Å². The Kier molecular flexibility index (Phi) is 4.62. The zero-order chi connectivity index (χ0) is 19.0. The molecule has 0 unspecified atom stereocenters. The molecule has 0 saturated carbocycles. The van der Waals surface area contributed by atoms with Crippen LogP contribution in [0.2, 0.25) is 0 Å². The molecule has 0 fully saturated rings. The summed E-state index contributed by atoms with van der Waals surface area (Å²) in [5.41, 5.74) is 3.55. The number of pyridine rings is 1. The van der Waals surface area contributed by atoms with Crippen LogP contribution in [-0.2, 0) is 0 Å².